The van der Waals surface area contributed by atoms with Crippen LogP contribution in [0, 0.1) is 0 Å². The number of anilines is 1. The van der Waals surface area contributed by atoms with Crippen LogP contribution in [0.5, 0.6) is 0 Å². The molecule has 146 valence electrons. The summed E-state index contributed by atoms with van der Waals surface area (Å²) in [6.07, 6.45) is 9.98. The van der Waals surface area contributed by atoms with Gasteiger partial charge in [-0.1, -0.05) is 48.7 Å². The Morgan fingerprint density at radius 3 is 2.68 bits per heavy atom. The molecular weight excluding hydrogens is 394 g/mol. The smallest absolute Gasteiger partial charge is 0.234 e. The molecule has 3 aromatic rings. The number of carbonyl (C=O) groups is 1. The van der Waals surface area contributed by atoms with Crippen molar-refractivity contribution in [3.05, 3.63) is 59.6 Å². The summed E-state index contributed by atoms with van der Waals surface area (Å²) in [6.45, 7) is 0. The molecule has 1 amide bonds. The number of rotatable bonds is 6. The molecule has 1 aliphatic carbocycles. The topological polar surface area (TPSA) is 64.7 Å². The van der Waals surface area contributed by atoms with Crippen LogP contribution in [0.2, 0.25) is 5.02 Å². The van der Waals surface area contributed by atoms with Crippen molar-refractivity contribution < 1.29 is 4.79 Å². The summed E-state index contributed by atoms with van der Waals surface area (Å²) in [4.78, 5) is 12.4. The minimum Gasteiger partial charge on any atom is -0.325 e. The van der Waals surface area contributed by atoms with Crippen molar-refractivity contribution in [1.29, 1.82) is 0 Å². The lowest BCUT2D eigenvalue weighted by atomic mass is 9.89. The summed E-state index contributed by atoms with van der Waals surface area (Å²) in [6, 6.07) is 11.1. The maximum atomic E-state index is 12.4. The van der Waals surface area contributed by atoms with Gasteiger partial charge < -0.3 is 5.32 Å². The number of nitrogens with one attached hydrogen (secondary N) is 1. The molecule has 0 aliphatic heterocycles. The number of hydrogen-bond donors (Lipinski definition) is 1. The summed E-state index contributed by atoms with van der Waals surface area (Å²) in [5.74, 6) is 1.54. The van der Waals surface area contributed by atoms with Gasteiger partial charge in [0.25, 0.3) is 0 Å². The highest BCUT2D eigenvalue weighted by molar-refractivity contribution is 7.99. The van der Waals surface area contributed by atoms with E-state index in [0.717, 1.165) is 23.8 Å². The van der Waals surface area contributed by atoms with Gasteiger partial charge in [-0.05, 0) is 43.2 Å². The summed E-state index contributed by atoms with van der Waals surface area (Å²) < 4.78 is 4.02. The Labute approximate surface area is 173 Å². The highest BCUT2D eigenvalue weighted by Gasteiger charge is 2.24. The van der Waals surface area contributed by atoms with E-state index < -0.39 is 0 Å². The Hall–Kier alpha value is -2.25. The average Bonchev–Trinajstić information content (AvgIpc) is 3.36. The fourth-order valence-electron chi connectivity index (χ4n) is 3.55. The van der Waals surface area contributed by atoms with Crippen LogP contribution in [0.25, 0.3) is 0 Å². The number of benzene rings is 1. The van der Waals surface area contributed by atoms with Crippen LogP contribution in [-0.2, 0) is 4.79 Å². The first-order valence-electron chi connectivity index (χ1n) is 9.48. The quantitative estimate of drug-likeness (QED) is 0.586. The van der Waals surface area contributed by atoms with Crippen LogP contribution in [0.4, 0.5) is 5.69 Å². The molecule has 0 spiro atoms. The largest absolute Gasteiger partial charge is 0.325 e. The third-order valence-electron chi connectivity index (χ3n) is 4.87. The van der Waals surface area contributed by atoms with Crippen molar-refractivity contribution in [3.8, 4) is 0 Å². The molecule has 0 unspecified atom stereocenters. The SMILES string of the molecule is O=C(CSc1nnc(C2CCCCC2)n1-n1cccc1)Nc1cccc(Cl)c1. The summed E-state index contributed by atoms with van der Waals surface area (Å²) in [5.41, 5.74) is 0.688. The van der Waals surface area contributed by atoms with Crippen LogP contribution in [0.15, 0.2) is 53.9 Å². The zero-order chi connectivity index (χ0) is 19.3. The first-order chi connectivity index (χ1) is 13.7. The fraction of sp³-hybridized carbons (Fsp3) is 0.350. The monoisotopic (exact) mass is 415 g/mol. The molecule has 8 heteroatoms. The van der Waals surface area contributed by atoms with Gasteiger partial charge in [-0.15, -0.1) is 10.2 Å². The van der Waals surface area contributed by atoms with Crippen LogP contribution in [-0.4, -0.2) is 31.2 Å². The molecule has 1 saturated carbocycles. The summed E-state index contributed by atoms with van der Waals surface area (Å²) in [7, 11) is 0. The molecule has 4 rings (SSSR count). The van der Waals surface area contributed by atoms with Gasteiger partial charge >= 0.3 is 0 Å². The molecule has 0 saturated heterocycles. The predicted molar refractivity (Wildman–Crippen MR) is 112 cm³/mol. The van der Waals surface area contributed by atoms with Gasteiger partial charge in [0.05, 0.1) is 5.75 Å². The lowest BCUT2D eigenvalue weighted by Gasteiger charge is -2.22. The molecule has 2 heterocycles. The molecule has 1 aromatic carbocycles. The van der Waals surface area contributed by atoms with Gasteiger partial charge in [0.15, 0.2) is 5.82 Å². The Kier molecular flexibility index (Phi) is 6.02. The molecule has 28 heavy (non-hydrogen) atoms. The zero-order valence-electron chi connectivity index (χ0n) is 15.4. The average molecular weight is 416 g/mol. The van der Waals surface area contributed by atoms with Crippen LogP contribution < -0.4 is 5.32 Å². The van der Waals surface area contributed by atoms with Crippen LogP contribution >= 0.6 is 23.4 Å². The molecule has 2 aromatic heterocycles. The summed E-state index contributed by atoms with van der Waals surface area (Å²) in [5, 5.41) is 13.1. The molecule has 6 nitrogen and oxygen atoms in total. The van der Waals surface area contributed by atoms with Gasteiger partial charge in [-0.25, -0.2) is 4.68 Å². The third kappa shape index (κ3) is 4.42. The number of hydrogen-bond acceptors (Lipinski definition) is 4. The van der Waals surface area contributed by atoms with Gasteiger partial charge in [-0.2, -0.15) is 0 Å². The Morgan fingerprint density at radius 1 is 1.14 bits per heavy atom. The fourth-order valence-corrected chi connectivity index (χ4v) is 4.48. The Balaban J connectivity index is 1.49. The second-order valence-electron chi connectivity index (χ2n) is 6.90. The molecule has 1 fully saturated rings. The second-order valence-corrected chi connectivity index (χ2v) is 8.28. The van der Waals surface area contributed by atoms with E-state index in [1.165, 1.54) is 31.0 Å². The number of thioether (sulfide) groups is 1. The first kappa shape index (κ1) is 19.1. The maximum absolute atomic E-state index is 12.4. The third-order valence-corrected chi connectivity index (χ3v) is 6.02. The maximum Gasteiger partial charge on any atom is 0.234 e. The van der Waals surface area contributed by atoms with E-state index in [0.29, 0.717) is 16.6 Å². The van der Waals surface area contributed by atoms with Crippen molar-refractivity contribution >= 4 is 35.0 Å². The van der Waals surface area contributed by atoms with Gasteiger partial charge in [0.2, 0.25) is 11.1 Å². The zero-order valence-corrected chi connectivity index (χ0v) is 17.0. The van der Waals surface area contributed by atoms with Gasteiger partial charge in [-0.3, -0.25) is 9.47 Å². The summed E-state index contributed by atoms with van der Waals surface area (Å²) >= 11 is 7.36. The van der Waals surface area contributed by atoms with Gasteiger partial charge in [0.1, 0.15) is 0 Å². The van der Waals surface area contributed by atoms with Crippen molar-refractivity contribution in [2.45, 2.75) is 43.2 Å². The molecule has 0 radical (unpaired) electrons. The highest BCUT2D eigenvalue weighted by atomic mass is 35.5. The Bertz CT molecular complexity index is 934. The van der Waals surface area contributed by atoms with Gasteiger partial charge in [0, 0.05) is 29.0 Å². The number of halogens is 1. The van der Waals surface area contributed by atoms with E-state index in [2.05, 4.69) is 15.5 Å². The lowest BCUT2D eigenvalue weighted by Crippen LogP contribution is -2.18. The lowest BCUT2D eigenvalue weighted by molar-refractivity contribution is -0.113. The van der Waals surface area contributed by atoms with E-state index in [1.807, 2.05) is 46.0 Å². The van der Waals surface area contributed by atoms with E-state index in [9.17, 15) is 4.79 Å². The van der Waals surface area contributed by atoms with Crippen LogP contribution in [0.1, 0.15) is 43.8 Å². The predicted octanol–water partition coefficient (Wildman–Crippen LogP) is 4.82. The van der Waals surface area contributed by atoms with E-state index in [-0.39, 0.29) is 11.7 Å². The Morgan fingerprint density at radius 2 is 1.93 bits per heavy atom. The number of amides is 1. The molecular formula is C20H22ClN5OS. The normalized spacial score (nSPS) is 14.9. The number of aromatic nitrogens is 4. The number of carbonyl (C=O) groups excluding carboxylic acids is 1. The van der Waals surface area contributed by atoms with Crippen LogP contribution in [0.3, 0.4) is 0 Å². The van der Waals surface area contributed by atoms with Crippen molar-refractivity contribution in [1.82, 2.24) is 19.5 Å². The van der Waals surface area contributed by atoms with Crippen molar-refractivity contribution in [2.24, 2.45) is 0 Å². The minimum absolute atomic E-state index is 0.103. The standard InChI is InChI=1S/C20H22ClN5OS/c21-16-9-6-10-17(13-16)22-18(27)14-28-20-24-23-19(15-7-2-1-3-8-15)26(20)25-11-4-5-12-25/h4-6,9-13,15H,1-3,7-8,14H2,(H,22,27). The number of nitrogens with zero attached hydrogens (tertiary/aromatic N) is 4. The van der Waals surface area contributed by atoms with Crippen molar-refractivity contribution in [2.75, 3.05) is 11.1 Å². The molecule has 1 N–H and O–H groups in total. The van der Waals surface area contributed by atoms with E-state index in [1.54, 1.807) is 12.1 Å². The molecule has 1 aliphatic rings. The minimum atomic E-state index is -0.103. The van der Waals surface area contributed by atoms with Crippen molar-refractivity contribution in [3.63, 3.8) is 0 Å². The van der Waals surface area contributed by atoms with E-state index in [4.69, 9.17) is 11.6 Å². The second kappa shape index (κ2) is 8.84. The highest BCUT2D eigenvalue weighted by Crippen LogP contribution is 2.33. The van der Waals surface area contributed by atoms with E-state index >= 15 is 0 Å². The molecule has 0 bridgehead atoms. The molecule has 0 atom stereocenters. The first-order valence-corrected chi connectivity index (χ1v) is 10.8.